The second-order valence-corrected chi connectivity index (χ2v) is 7.31. The third-order valence-electron chi connectivity index (χ3n) is 4.25. The molecule has 0 aliphatic heterocycles. The zero-order valence-electron chi connectivity index (χ0n) is 15.1. The van der Waals surface area contributed by atoms with E-state index >= 15 is 0 Å². The van der Waals surface area contributed by atoms with Crippen LogP contribution in [0.3, 0.4) is 0 Å². The summed E-state index contributed by atoms with van der Waals surface area (Å²) in [4.78, 5) is 12.4. The Hall–Kier alpha value is -2.29. The summed E-state index contributed by atoms with van der Waals surface area (Å²) in [7, 11) is 0. The topological polar surface area (TPSA) is 129 Å². The molecule has 9 heteroatoms. The van der Waals surface area contributed by atoms with Crippen LogP contribution in [0, 0.1) is 5.41 Å². The van der Waals surface area contributed by atoms with Crippen molar-refractivity contribution in [3.05, 3.63) is 57.0 Å². The van der Waals surface area contributed by atoms with E-state index in [2.05, 4.69) is 21.2 Å². The standard InChI is InChI=1S/C19H21BrClN3O4/c1-2-19(18(26)27,24-13-5-3-11(4-6-13)17(22)23)14-9-12(21)10-15(20)16(14)28-8-7-25/h3-6,9-10,24-25H,2,7-8H2,1H3,(H3,22,23)(H,26,27). The van der Waals surface area contributed by atoms with Crippen molar-refractivity contribution in [2.24, 2.45) is 5.73 Å². The van der Waals surface area contributed by atoms with Gasteiger partial charge >= 0.3 is 5.97 Å². The number of amidine groups is 1. The van der Waals surface area contributed by atoms with Gasteiger partial charge < -0.3 is 26.0 Å². The Kier molecular flexibility index (Phi) is 7.29. The lowest BCUT2D eigenvalue weighted by Gasteiger charge is -2.33. The van der Waals surface area contributed by atoms with Crippen molar-refractivity contribution >= 4 is 45.0 Å². The zero-order chi connectivity index (χ0) is 20.9. The van der Waals surface area contributed by atoms with E-state index in [0.29, 0.717) is 26.3 Å². The first kappa shape index (κ1) is 22.0. The molecule has 2 rings (SSSR count). The largest absolute Gasteiger partial charge is 0.490 e. The molecule has 0 aromatic heterocycles. The van der Waals surface area contributed by atoms with Crippen molar-refractivity contribution in [3.8, 4) is 5.75 Å². The van der Waals surface area contributed by atoms with Gasteiger partial charge in [0.1, 0.15) is 18.2 Å². The Labute approximate surface area is 176 Å². The molecule has 1 unspecified atom stereocenters. The summed E-state index contributed by atoms with van der Waals surface area (Å²) in [5.41, 5.74) is 5.30. The molecule has 6 N–H and O–H groups in total. The SMILES string of the molecule is CCC(Nc1ccc(C(=N)N)cc1)(C(=O)O)c1cc(Cl)cc(Br)c1OCCO. The number of hydrogen-bond acceptors (Lipinski definition) is 5. The highest BCUT2D eigenvalue weighted by molar-refractivity contribution is 9.10. The molecule has 0 aliphatic carbocycles. The van der Waals surface area contributed by atoms with Gasteiger partial charge in [0.2, 0.25) is 0 Å². The number of nitrogens with one attached hydrogen (secondary N) is 2. The Bertz CT molecular complexity index is 876. The van der Waals surface area contributed by atoms with Gasteiger partial charge in [-0.15, -0.1) is 0 Å². The molecule has 7 nitrogen and oxygen atoms in total. The summed E-state index contributed by atoms with van der Waals surface area (Å²) in [5, 5.41) is 30.1. The van der Waals surface area contributed by atoms with Crippen molar-refractivity contribution in [1.29, 1.82) is 5.41 Å². The van der Waals surface area contributed by atoms with Gasteiger partial charge in [-0.2, -0.15) is 0 Å². The normalized spacial score (nSPS) is 12.9. The van der Waals surface area contributed by atoms with E-state index in [1.54, 1.807) is 37.3 Å². The molecule has 0 spiro atoms. The van der Waals surface area contributed by atoms with E-state index in [0.717, 1.165) is 0 Å². The number of rotatable bonds is 9. The number of nitrogens with two attached hydrogens (primary N) is 1. The number of halogens is 2. The Balaban J connectivity index is 2.59. The average Bonchev–Trinajstić information content (AvgIpc) is 2.65. The maximum Gasteiger partial charge on any atom is 0.334 e. The molecule has 150 valence electrons. The number of hydrogen-bond donors (Lipinski definition) is 5. The van der Waals surface area contributed by atoms with Crippen molar-refractivity contribution in [3.63, 3.8) is 0 Å². The van der Waals surface area contributed by atoms with Crippen LogP contribution >= 0.6 is 27.5 Å². The maximum atomic E-state index is 12.4. The third-order valence-corrected chi connectivity index (χ3v) is 5.06. The smallest absolute Gasteiger partial charge is 0.334 e. The first-order chi connectivity index (χ1) is 13.2. The number of ether oxygens (including phenoxy) is 1. The van der Waals surface area contributed by atoms with Crippen molar-refractivity contribution < 1.29 is 19.7 Å². The number of nitrogen functional groups attached to an aromatic ring is 1. The molecule has 1 atom stereocenters. The van der Waals surface area contributed by atoms with Crippen LogP contribution in [0.15, 0.2) is 40.9 Å². The van der Waals surface area contributed by atoms with Crippen LogP contribution in [0.1, 0.15) is 24.5 Å². The van der Waals surface area contributed by atoms with Crippen LogP contribution in [0.4, 0.5) is 5.69 Å². The summed E-state index contributed by atoms with van der Waals surface area (Å²) in [6, 6.07) is 9.69. The van der Waals surface area contributed by atoms with E-state index in [4.69, 9.17) is 32.6 Å². The number of carboxylic acids is 1. The zero-order valence-corrected chi connectivity index (χ0v) is 17.5. The van der Waals surface area contributed by atoms with Gasteiger partial charge in [0, 0.05) is 21.8 Å². The summed E-state index contributed by atoms with van der Waals surface area (Å²) < 4.78 is 6.10. The minimum absolute atomic E-state index is 0.0000454. The fourth-order valence-electron chi connectivity index (χ4n) is 2.82. The van der Waals surface area contributed by atoms with Crippen LogP contribution in [0.25, 0.3) is 0 Å². The quantitative estimate of drug-likeness (QED) is 0.281. The monoisotopic (exact) mass is 469 g/mol. The Morgan fingerprint density at radius 2 is 2.00 bits per heavy atom. The average molecular weight is 471 g/mol. The summed E-state index contributed by atoms with van der Waals surface area (Å²) in [6.45, 7) is 1.51. The van der Waals surface area contributed by atoms with E-state index in [1.807, 2.05) is 0 Å². The van der Waals surface area contributed by atoms with Crippen LogP contribution < -0.4 is 15.8 Å². The molecule has 28 heavy (non-hydrogen) atoms. The Morgan fingerprint density at radius 1 is 1.36 bits per heavy atom. The molecule has 0 saturated heterocycles. The first-order valence-corrected chi connectivity index (χ1v) is 9.61. The molecule has 0 heterocycles. The molecule has 0 bridgehead atoms. The fourth-order valence-corrected chi connectivity index (χ4v) is 3.74. The van der Waals surface area contributed by atoms with Gasteiger partial charge in [0.25, 0.3) is 0 Å². The lowest BCUT2D eigenvalue weighted by molar-refractivity contribution is -0.142. The van der Waals surface area contributed by atoms with Gasteiger partial charge in [-0.25, -0.2) is 4.79 Å². The molecule has 0 amide bonds. The minimum atomic E-state index is -1.55. The van der Waals surface area contributed by atoms with Gasteiger partial charge in [0.15, 0.2) is 5.54 Å². The lowest BCUT2D eigenvalue weighted by Crippen LogP contribution is -2.43. The number of carbonyl (C=O) groups is 1. The number of anilines is 1. The maximum absolute atomic E-state index is 12.4. The number of carboxylic acid groups (broad SMARTS) is 1. The van der Waals surface area contributed by atoms with Crippen molar-refractivity contribution in [2.45, 2.75) is 18.9 Å². The number of benzene rings is 2. The molecular formula is C19H21BrClN3O4. The highest BCUT2D eigenvalue weighted by Crippen LogP contribution is 2.42. The van der Waals surface area contributed by atoms with E-state index in [1.165, 1.54) is 6.07 Å². The van der Waals surface area contributed by atoms with E-state index < -0.39 is 11.5 Å². The van der Waals surface area contributed by atoms with Gasteiger partial charge in [-0.05, 0) is 58.7 Å². The van der Waals surface area contributed by atoms with Crippen molar-refractivity contribution in [2.75, 3.05) is 18.5 Å². The molecular weight excluding hydrogens is 450 g/mol. The molecule has 0 saturated carbocycles. The second kappa shape index (κ2) is 9.27. The van der Waals surface area contributed by atoms with Crippen molar-refractivity contribution in [1.82, 2.24) is 0 Å². The van der Waals surface area contributed by atoms with Gasteiger partial charge in [-0.3, -0.25) is 5.41 Å². The molecule has 2 aromatic carbocycles. The van der Waals surface area contributed by atoms with Gasteiger partial charge in [0.05, 0.1) is 11.1 Å². The lowest BCUT2D eigenvalue weighted by atomic mass is 9.86. The van der Waals surface area contributed by atoms with Crippen LogP contribution in [-0.2, 0) is 10.3 Å². The van der Waals surface area contributed by atoms with Crippen LogP contribution in [0.5, 0.6) is 5.75 Å². The highest BCUT2D eigenvalue weighted by atomic mass is 79.9. The summed E-state index contributed by atoms with van der Waals surface area (Å²) >= 11 is 9.55. The summed E-state index contributed by atoms with van der Waals surface area (Å²) in [5.74, 6) is -0.908. The predicted molar refractivity (Wildman–Crippen MR) is 112 cm³/mol. The van der Waals surface area contributed by atoms with E-state index in [-0.39, 0.29) is 31.2 Å². The molecule has 0 aliphatic rings. The second-order valence-electron chi connectivity index (χ2n) is 6.02. The Morgan fingerprint density at radius 3 is 2.50 bits per heavy atom. The number of aliphatic hydroxyl groups excluding tert-OH is 1. The predicted octanol–water partition coefficient (Wildman–Crippen LogP) is 3.56. The van der Waals surface area contributed by atoms with E-state index in [9.17, 15) is 9.90 Å². The molecule has 2 aromatic rings. The minimum Gasteiger partial charge on any atom is -0.490 e. The molecule has 0 radical (unpaired) electrons. The molecule has 0 fully saturated rings. The van der Waals surface area contributed by atoms with Crippen LogP contribution in [0.2, 0.25) is 5.02 Å². The van der Waals surface area contributed by atoms with Gasteiger partial charge in [-0.1, -0.05) is 18.5 Å². The first-order valence-electron chi connectivity index (χ1n) is 8.44. The fraction of sp³-hybridized carbons (Fsp3) is 0.263. The highest BCUT2D eigenvalue weighted by Gasteiger charge is 2.42. The number of aliphatic carboxylic acids is 1. The summed E-state index contributed by atoms with van der Waals surface area (Å²) in [6.07, 6.45) is 0.180. The number of aliphatic hydroxyl groups is 1. The third kappa shape index (κ3) is 4.57. The van der Waals surface area contributed by atoms with Crippen LogP contribution in [-0.4, -0.2) is 35.2 Å².